The van der Waals surface area contributed by atoms with Crippen LogP contribution in [0.25, 0.3) is 5.78 Å². The Morgan fingerprint density at radius 3 is 3.06 bits per heavy atom. The third-order valence-corrected chi connectivity index (χ3v) is 3.30. The molecule has 3 heterocycles. The van der Waals surface area contributed by atoms with Gasteiger partial charge < -0.3 is 0 Å². The van der Waals surface area contributed by atoms with Crippen LogP contribution in [0, 0.1) is 0 Å². The van der Waals surface area contributed by atoms with Gasteiger partial charge in [-0.3, -0.25) is 9.30 Å². The fourth-order valence-electron chi connectivity index (χ4n) is 2.31. The van der Waals surface area contributed by atoms with Gasteiger partial charge in [-0.25, -0.2) is 9.97 Å². The van der Waals surface area contributed by atoms with Gasteiger partial charge in [-0.1, -0.05) is 0 Å². The second-order valence-corrected chi connectivity index (χ2v) is 4.61. The Labute approximate surface area is 94.9 Å². The highest BCUT2D eigenvalue weighted by Crippen LogP contribution is 2.20. The van der Waals surface area contributed by atoms with Crippen LogP contribution < -0.4 is 0 Å². The Hall–Kier alpha value is -1.42. The molecule has 0 N–H and O–H groups in total. The van der Waals surface area contributed by atoms with Gasteiger partial charge in [0.2, 0.25) is 5.78 Å². The van der Waals surface area contributed by atoms with Crippen molar-refractivity contribution in [1.82, 2.24) is 19.3 Å². The lowest BCUT2D eigenvalue weighted by molar-refractivity contribution is 0.199. The number of nitrogens with zero attached hydrogens (tertiary/aromatic N) is 4. The summed E-state index contributed by atoms with van der Waals surface area (Å²) in [5, 5.41) is 0. The van der Waals surface area contributed by atoms with E-state index in [9.17, 15) is 0 Å². The molecule has 2 aromatic rings. The standard InChI is InChI=1S/C12H16N4/c1-9(2)15-7-4-10-11(8-15)16-6-3-5-13-12(16)14-10/h3,5-6,9H,4,7-8H2,1-2H3. The molecule has 1 aliphatic rings. The van der Waals surface area contributed by atoms with Crippen LogP contribution in [0.1, 0.15) is 25.2 Å². The number of rotatable bonds is 1. The van der Waals surface area contributed by atoms with Gasteiger partial charge >= 0.3 is 0 Å². The minimum atomic E-state index is 0.593. The molecule has 16 heavy (non-hydrogen) atoms. The first-order valence-electron chi connectivity index (χ1n) is 5.80. The van der Waals surface area contributed by atoms with Gasteiger partial charge in [0.1, 0.15) is 0 Å². The van der Waals surface area contributed by atoms with Crippen molar-refractivity contribution in [2.24, 2.45) is 0 Å². The molecule has 0 unspecified atom stereocenters. The summed E-state index contributed by atoms with van der Waals surface area (Å²) in [5.41, 5.74) is 2.53. The maximum atomic E-state index is 4.57. The van der Waals surface area contributed by atoms with E-state index in [1.165, 1.54) is 11.4 Å². The monoisotopic (exact) mass is 216 g/mol. The summed E-state index contributed by atoms with van der Waals surface area (Å²) in [6, 6.07) is 2.55. The largest absolute Gasteiger partial charge is 0.295 e. The van der Waals surface area contributed by atoms with Crippen LogP contribution in [-0.2, 0) is 13.0 Å². The first-order chi connectivity index (χ1) is 7.75. The molecule has 2 aromatic heterocycles. The first kappa shape index (κ1) is 9.78. The lowest BCUT2D eigenvalue weighted by atomic mass is 10.1. The van der Waals surface area contributed by atoms with E-state index in [1.54, 1.807) is 6.20 Å². The minimum Gasteiger partial charge on any atom is -0.295 e. The Morgan fingerprint density at radius 2 is 2.25 bits per heavy atom. The molecule has 1 aliphatic heterocycles. The van der Waals surface area contributed by atoms with E-state index in [1.807, 2.05) is 6.07 Å². The van der Waals surface area contributed by atoms with Gasteiger partial charge in [0.15, 0.2) is 0 Å². The molecule has 0 radical (unpaired) electrons. The van der Waals surface area contributed by atoms with Gasteiger partial charge in [-0.2, -0.15) is 0 Å². The lowest BCUT2D eigenvalue weighted by Gasteiger charge is -2.29. The van der Waals surface area contributed by atoms with Crippen molar-refractivity contribution in [3.63, 3.8) is 0 Å². The molecule has 0 aromatic carbocycles. The van der Waals surface area contributed by atoms with E-state index < -0.39 is 0 Å². The highest BCUT2D eigenvalue weighted by Gasteiger charge is 2.22. The van der Waals surface area contributed by atoms with Crippen LogP contribution in [0.5, 0.6) is 0 Å². The van der Waals surface area contributed by atoms with Crippen LogP contribution in [0.2, 0.25) is 0 Å². The number of hydrogen-bond donors (Lipinski definition) is 0. The Balaban J connectivity index is 2.08. The third kappa shape index (κ3) is 1.41. The van der Waals surface area contributed by atoms with Crippen molar-refractivity contribution in [1.29, 1.82) is 0 Å². The molecule has 0 fully saturated rings. The van der Waals surface area contributed by atoms with Gasteiger partial charge in [-0.15, -0.1) is 0 Å². The highest BCUT2D eigenvalue weighted by molar-refractivity contribution is 5.36. The quantitative estimate of drug-likeness (QED) is 0.724. The van der Waals surface area contributed by atoms with Gasteiger partial charge in [0.05, 0.1) is 11.4 Å². The molecule has 4 heteroatoms. The van der Waals surface area contributed by atoms with Crippen molar-refractivity contribution in [3.05, 3.63) is 29.8 Å². The van der Waals surface area contributed by atoms with Gasteiger partial charge in [0.25, 0.3) is 0 Å². The van der Waals surface area contributed by atoms with Crippen LogP contribution in [0.4, 0.5) is 0 Å². The molecule has 0 saturated carbocycles. The normalized spacial score (nSPS) is 16.9. The fraction of sp³-hybridized carbons (Fsp3) is 0.500. The third-order valence-electron chi connectivity index (χ3n) is 3.30. The van der Waals surface area contributed by atoms with E-state index in [2.05, 4.69) is 39.3 Å². The molecular formula is C12H16N4. The first-order valence-corrected chi connectivity index (χ1v) is 5.80. The molecule has 0 saturated heterocycles. The second kappa shape index (κ2) is 3.56. The summed E-state index contributed by atoms with van der Waals surface area (Å²) < 4.78 is 2.11. The SMILES string of the molecule is CC(C)N1CCc2nc3ncccn3c2C1. The maximum absolute atomic E-state index is 4.57. The van der Waals surface area contributed by atoms with Crippen LogP contribution in [0.15, 0.2) is 18.5 Å². The Kier molecular flexibility index (Phi) is 2.17. The van der Waals surface area contributed by atoms with Crippen molar-refractivity contribution in [2.45, 2.75) is 32.9 Å². The molecule has 84 valence electrons. The predicted octanol–water partition coefficient (Wildman–Crippen LogP) is 1.50. The molecule has 0 aliphatic carbocycles. The molecular weight excluding hydrogens is 200 g/mol. The van der Waals surface area contributed by atoms with Crippen molar-refractivity contribution in [2.75, 3.05) is 6.54 Å². The molecule has 4 nitrogen and oxygen atoms in total. The van der Waals surface area contributed by atoms with Crippen molar-refractivity contribution >= 4 is 5.78 Å². The summed E-state index contributed by atoms with van der Waals surface area (Å²) in [6.45, 7) is 6.58. The van der Waals surface area contributed by atoms with E-state index in [4.69, 9.17) is 0 Å². The lowest BCUT2D eigenvalue weighted by Crippen LogP contribution is -2.36. The summed E-state index contributed by atoms with van der Waals surface area (Å²) in [7, 11) is 0. The zero-order valence-corrected chi connectivity index (χ0v) is 9.72. The van der Waals surface area contributed by atoms with Crippen LogP contribution in [-0.4, -0.2) is 31.9 Å². The summed E-state index contributed by atoms with van der Waals surface area (Å²) >= 11 is 0. The number of imidazole rings is 1. The van der Waals surface area contributed by atoms with E-state index >= 15 is 0 Å². The molecule has 0 spiro atoms. The number of hydrogen-bond acceptors (Lipinski definition) is 3. The van der Waals surface area contributed by atoms with E-state index in [-0.39, 0.29) is 0 Å². The number of fused-ring (bicyclic) bond motifs is 3. The summed E-state index contributed by atoms with van der Waals surface area (Å²) in [4.78, 5) is 11.3. The second-order valence-electron chi connectivity index (χ2n) is 4.61. The van der Waals surface area contributed by atoms with E-state index in [0.29, 0.717) is 6.04 Å². The highest BCUT2D eigenvalue weighted by atomic mass is 15.2. The fourth-order valence-corrected chi connectivity index (χ4v) is 2.31. The van der Waals surface area contributed by atoms with Gasteiger partial charge in [0, 0.05) is 37.9 Å². The van der Waals surface area contributed by atoms with Crippen LogP contribution >= 0.6 is 0 Å². The molecule has 3 rings (SSSR count). The molecule has 0 atom stereocenters. The Morgan fingerprint density at radius 1 is 1.38 bits per heavy atom. The van der Waals surface area contributed by atoms with E-state index in [0.717, 1.165) is 25.3 Å². The topological polar surface area (TPSA) is 33.4 Å². The average molecular weight is 216 g/mol. The average Bonchev–Trinajstić information content (AvgIpc) is 2.66. The van der Waals surface area contributed by atoms with Crippen LogP contribution in [0.3, 0.4) is 0 Å². The summed E-state index contributed by atoms with van der Waals surface area (Å²) in [6.07, 6.45) is 4.89. The van der Waals surface area contributed by atoms with Crippen molar-refractivity contribution < 1.29 is 0 Å². The number of aromatic nitrogens is 3. The molecule has 0 amide bonds. The zero-order valence-electron chi connectivity index (χ0n) is 9.72. The zero-order chi connectivity index (χ0) is 11.1. The minimum absolute atomic E-state index is 0.593. The van der Waals surface area contributed by atoms with Crippen molar-refractivity contribution in [3.8, 4) is 0 Å². The summed E-state index contributed by atoms with van der Waals surface area (Å²) in [5.74, 6) is 0.832. The maximum Gasteiger partial charge on any atom is 0.234 e. The Bertz CT molecular complexity index is 515. The smallest absolute Gasteiger partial charge is 0.234 e. The predicted molar refractivity (Wildman–Crippen MR) is 62.2 cm³/mol. The van der Waals surface area contributed by atoms with Gasteiger partial charge in [-0.05, 0) is 19.9 Å². The molecule has 0 bridgehead atoms.